The monoisotopic (exact) mass is 358 g/mol. The van der Waals surface area contributed by atoms with E-state index in [2.05, 4.69) is 32.5 Å². The molecule has 0 saturated heterocycles. The molecule has 27 heavy (non-hydrogen) atoms. The third-order valence-electron chi connectivity index (χ3n) is 3.90. The van der Waals surface area contributed by atoms with Gasteiger partial charge in [0.1, 0.15) is 35.9 Å². The summed E-state index contributed by atoms with van der Waals surface area (Å²) in [5.74, 6) is 5.89. The Hall–Kier alpha value is -4.26. The van der Waals surface area contributed by atoms with Crippen molar-refractivity contribution < 1.29 is 5.11 Å². The van der Waals surface area contributed by atoms with Crippen LogP contribution in [0.5, 0.6) is 0 Å². The molecule has 132 valence electrons. The van der Waals surface area contributed by atoms with E-state index >= 15 is 0 Å². The van der Waals surface area contributed by atoms with Crippen LogP contribution in [0.25, 0.3) is 0 Å². The Balaban J connectivity index is 2.14. The van der Waals surface area contributed by atoms with E-state index in [-0.39, 0.29) is 29.6 Å². The van der Waals surface area contributed by atoms with E-state index < -0.39 is 6.04 Å². The molecule has 2 heterocycles. The molecule has 1 aromatic carbocycles. The molecule has 0 bridgehead atoms. The molecule has 1 aromatic heterocycles. The Morgan fingerprint density at radius 1 is 1.22 bits per heavy atom. The first kappa shape index (κ1) is 17.6. The van der Waals surface area contributed by atoms with Gasteiger partial charge in [-0.1, -0.05) is 24.0 Å². The van der Waals surface area contributed by atoms with Crippen LogP contribution in [0.15, 0.2) is 29.3 Å². The SMILES string of the molecule is N#CNC1=NC(c2ccc(C#CCO)cc2)c2c(nc(N)c(C#N)c2N)N1. The van der Waals surface area contributed by atoms with E-state index in [4.69, 9.17) is 21.8 Å². The van der Waals surface area contributed by atoms with Crippen molar-refractivity contribution in [2.24, 2.45) is 4.99 Å². The second-order valence-corrected chi connectivity index (χ2v) is 5.48. The lowest BCUT2D eigenvalue weighted by Crippen LogP contribution is -2.32. The number of nitrogen functional groups attached to an aromatic ring is 2. The molecular formula is C18H14N8O. The minimum absolute atomic E-state index is 0.00664. The molecule has 7 N–H and O–H groups in total. The number of nitrogens with zero attached hydrogens (tertiary/aromatic N) is 4. The quantitative estimate of drug-likeness (QED) is 0.277. The van der Waals surface area contributed by atoms with Crippen LogP contribution in [0.4, 0.5) is 17.3 Å². The molecule has 0 radical (unpaired) electrons. The van der Waals surface area contributed by atoms with Gasteiger partial charge in [-0.3, -0.25) is 5.32 Å². The fourth-order valence-electron chi connectivity index (χ4n) is 2.71. The van der Waals surface area contributed by atoms with Crippen molar-refractivity contribution in [3.63, 3.8) is 0 Å². The number of fused-ring (bicyclic) bond motifs is 1. The molecule has 0 amide bonds. The number of aromatic nitrogens is 1. The van der Waals surface area contributed by atoms with Gasteiger partial charge in [0.05, 0.1) is 5.69 Å². The van der Waals surface area contributed by atoms with Gasteiger partial charge < -0.3 is 21.9 Å². The molecule has 0 aliphatic carbocycles. The van der Waals surface area contributed by atoms with E-state index in [1.165, 1.54) is 0 Å². The van der Waals surface area contributed by atoms with Gasteiger partial charge in [0.15, 0.2) is 6.19 Å². The van der Waals surface area contributed by atoms with E-state index in [1.54, 1.807) is 30.5 Å². The van der Waals surface area contributed by atoms with Crippen molar-refractivity contribution in [1.82, 2.24) is 10.3 Å². The molecule has 1 unspecified atom stereocenters. The summed E-state index contributed by atoms with van der Waals surface area (Å²) >= 11 is 0. The Morgan fingerprint density at radius 3 is 2.59 bits per heavy atom. The van der Waals surface area contributed by atoms with Crippen LogP contribution >= 0.6 is 0 Å². The molecular weight excluding hydrogens is 344 g/mol. The summed E-state index contributed by atoms with van der Waals surface area (Å²) in [6.07, 6.45) is 1.80. The maximum Gasteiger partial charge on any atom is 0.211 e. The van der Waals surface area contributed by atoms with Gasteiger partial charge in [-0.15, -0.1) is 0 Å². The van der Waals surface area contributed by atoms with Crippen LogP contribution in [0, 0.1) is 34.6 Å². The van der Waals surface area contributed by atoms with Crippen molar-refractivity contribution in [1.29, 1.82) is 10.5 Å². The van der Waals surface area contributed by atoms with Crippen molar-refractivity contribution >= 4 is 23.3 Å². The number of hydrogen-bond acceptors (Lipinski definition) is 9. The summed E-state index contributed by atoms with van der Waals surface area (Å²) in [4.78, 5) is 8.66. The molecule has 1 aliphatic rings. The third-order valence-corrected chi connectivity index (χ3v) is 3.90. The fourth-order valence-corrected chi connectivity index (χ4v) is 2.71. The standard InChI is InChI=1S/C18H14N8O/c19-8-12-14(21)13-15(11-5-3-10(4-6-11)2-1-7-27)24-18(23-9-20)26-17(13)25-16(12)22/h3-6,15,27H,7H2,(H6,21,22,23,24,25,26). The third kappa shape index (κ3) is 3.29. The largest absolute Gasteiger partial charge is 0.397 e. The smallest absolute Gasteiger partial charge is 0.211 e. The van der Waals surface area contributed by atoms with E-state index in [9.17, 15) is 5.26 Å². The Morgan fingerprint density at radius 2 is 1.96 bits per heavy atom. The average molecular weight is 358 g/mol. The average Bonchev–Trinajstić information content (AvgIpc) is 2.66. The van der Waals surface area contributed by atoms with Gasteiger partial charge in [-0.2, -0.15) is 10.5 Å². The zero-order valence-electron chi connectivity index (χ0n) is 14.0. The number of guanidine groups is 1. The van der Waals surface area contributed by atoms with E-state index in [0.29, 0.717) is 11.4 Å². The van der Waals surface area contributed by atoms with Crippen LogP contribution in [0.1, 0.15) is 28.3 Å². The number of aliphatic hydroxyl groups is 1. The first-order valence-electron chi connectivity index (χ1n) is 7.77. The van der Waals surface area contributed by atoms with Gasteiger partial charge in [0, 0.05) is 11.1 Å². The molecule has 0 saturated carbocycles. The second-order valence-electron chi connectivity index (χ2n) is 5.48. The highest BCUT2D eigenvalue weighted by atomic mass is 16.2. The first-order chi connectivity index (χ1) is 13.1. The molecule has 0 fully saturated rings. The molecule has 1 aliphatic heterocycles. The lowest BCUT2D eigenvalue weighted by molar-refractivity contribution is 0.350. The van der Waals surface area contributed by atoms with Crippen molar-refractivity contribution in [2.75, 3.05) is 23.4 Å². The Bertz CT molecular complexity index is 1060. The highest BCUT2D eigenvalue weighted by molar-refractivity contribution is 5.98. The van der Waals surface area contributed by atoms with E-state index in [1.807, 2.05) is 6.07 Å². The zero-order chi connectivity index (χ0) is 19.4. The number of hydrogen-bond donors (Lipinski definition) is 5. The Kier molecular flexibility index (Phi) is 4.76. The first-order valence-corrected chi connectivity index (χ1v) is 7.77. The minimum atomic E-state index is -0.600. The maximum atomic E-state index is 9.32. The van der Waals surface area contributed by atoms with Gasteiger partial charge >= 0.3 is 0 Å². The number of nitriles is 2. The van der Waals surface area contributed by atoms with Crippen LogP contribution < -0.4 is 22.1 Å². The number of aliphatic hydroxyl groups excluding tert-OH is 1. The van der Waals surface area contributed by atoms with Crippen molar-refractivity contribution in [3.8, 4) is 24.1 Å². The predicted molar refractivity (Wildman–Crippen MR) is 99.8 cm³/mol. The number of anilines is 3. The van der Waals surface area contributed by atoms with Gasteiger partial charge in [0.2, 0.25) is 5.96 Å². The summed E-state index contributed by atoms with van der Waals surface area (Å²) in [5, 5.41) is 32.3. The molecule has 3 rings (SSSR count). The van der Waals surface area contributed by atoms with Gasteiger partial charge in [-0.25, -0.2) is 9.98 Å². The number of nitrogens with two attached hydrogens (primary N) is 2. The molecule has 1 atom stereocenters. The zero-order valence-corrected chi connectivity index (χ0v) is 14.0. The summed E-state index contributed by atoms with van der Waals surface area (Å²) in [7, 11) is 0. The molecule has 9 nitrogen and oxygen atoms in total. The summed E-state index contributed by atoms with van der Waals surface area (Å²) in [5.41, 5.74) is 14.2. The fraction of sp³-hybridized carbons (Fsp3) is 0.111. The van der Waals surface area contributed by atoms with Crippen molar-refractivity contribution in [3.05, 3.63) is 46.5 Å². The Labute approximate surface area is 155 Å². The normalized spacial score (nSPS) is 14.3. The van der Waals surface area contributed by atoms with Crippen LogP contribution in [0.3, 0.4) is 0 Å². The highest BCUT2D eigenvalue weighted by Gasteiger charge is 2.29. The minimum Gasteiger partial charge on any atom is -0.397 e. The highest BCUT2D eigenvalue weighted by Crippen LogP contribution is 2.40. The molecule has 2 aromatic rings. The van der Waals surface area contributed by atoms with E-state index in [0.717, 1.165) is 11.1 Å². The summed E-state index contributed by atoms with van der Waals surface area (Å²) < 4.78 is 0. The van der Waals surface area contributed by atoms with Crippen LogP contribution in [0.2, 0.25) is 0 Å². The number of aliphatic imine (C=N–C) groups is 1. The number of pyridine rings is 1. The number of benzene rings is 1. The number of nitrogens with one attached hydrogen (secondary N) is 2. The molecule has 9 heteroatoms. The van der Waals surface area contributed by atoms with Crippen LogP contribution in [-0.2, 0) is 0 Å². The number of rotatable bonds is 1. The summed E-state index contributed by atoms with van der Waals surface area (Å²) in [6, 6.07) is 8.51. The second kappa shape index (κ2) is 7.32. The molecule has 0 spiro atoms. The maximum absolute atomic E-state index is 9.32. The van der Waals surface area contributed by atoms with Crippen LogP contribution in [-0.4, -0.2) is 22.7 Å². The predicted octanol–water partition coefficient (Wildman–Crippen LogP) is 0.403. The van der Waals surface area contributed by atoms with Gasteiger partial charge in [0.25, 0.3) is 0 Å². The summed E-state index contributed by atoms with van der Waals surface area (Å²) in [6.45, 7) is -0.225. The van der Waals surface area contributed by atoms with Gasteiger partial charge in [-0.05, 0) is 17.7 Å². The lowest BCUT2D eigenvalue weighted by Gasteiger charge is -2.26. The topological polar surface area (TPSA) is 169 Å². The van der Waals surface area contributed by atoms with Crippen molar-refractivity contribution in [2.45, 2.75) is 6.04 Å². The lowest BCUT2D eigenvalue weighted by atomic mass is 9.94.